The number of carbonyl (C=O) groups is 2. The number of anilines is 1. The average Bonchev–Trinajstić information content (AvgIpc) is 3.31. The fourth-order valence-corrected chi connectivity index (χ4v) is 4.52. The fraction of sp³-hybridized carbons (Fsp3) is 0.292. The van der Waals surface area contributed by atoms with Gasteiger partial charge in [-0.1, -0.05) is 60.7 Å². The highest BCUT2D eigenvalue weighted by Crippen LogP contribution is 2.29. The molecule has 1 aliphatic heterocycles. The van der Waals surface area contributed by atoms with Crippen LogP contribution < -0.4 is 5.32 Å². The molecule has 0 radical (unpaired) electrons. The molecule has 6 heteroatoms. The number of hydrogen-bond acceptors (Lipinski definition) is 4. The Morgan fingerprint density at radius 3 is 2.13 bits per heavy atom. The zero-order chi connectivity index (χ0) is 20.8. The lowest BCUT2D eigenvalue weighted by Crippen LogP contribution is -2.41. The second-order valence-corrected chi connectivity index (χ2v) is 8.45. The number of amides is 2. The third kappa shape index (κ3) is 4.94. The van der Waals surface area contributed by atoms with Crippen LogP contribution in [0.1, 0.15) is 36.3 Å². The molecule has 30 heavy (non-hydrogen) atoms. The maximum absolute atomic E-state index is 13.1. The van der Waals surface area contributed by atoms with Crippen LogP contribution in [-0.4, -0.2) is 34.8 Å². The Morgan fingerprint density at radius 2 is 1.60 bits per heavy atom. The number of aromatic nitrogens is 1. The summed E-state index contributed by atoms with van der Waals surface area (Å²) in [6.45, 7) is 1.23. The van der Waals surface area contributed by atoms with Crippen LogP contribution in [0.15, 0.2) is 72.2 Å². The smallest absolute Gasteiger partial charge is 0.229 e. The highest BCUT2D eigenvalue weighted by molar-refractivity contribution is 7.13. The average molecular weight is 420 g/mol. The fourth-order valence-electron chi connectivity index (χ4n) is 3.99. The van der Waals surface area contributed by atoms with E-state index in [4.69, 9.17) is 0 Å². The van der Waals surface area contributed by atoms with Gasteiger partial charge in [-0.05, 0) is 24.0 Å². The van der Waals surface area contributed by atoms with Crippen LogP contribution >= 0.6 is 11.3 Å². The van der Waals surface area contributed by atoms with E-state index >= 15 is 0 Å². The predicted molar refractivity (Wildman–Crippen MR) is 119 cm³/mol. The van der Waals surface area contributed by atoms with E-state index in [-0.39, 0.29) is 23.7 Å². The zero-order valence-corrected chi connectivity index (χ0v) is 17.6. The van der Waals surface area contributed by atoms with Gasteiger partial charge in [-0.2, -0.15) is 0 Å². The molecule has 5 nitrogen and oxygen atoms in total. The van der Waals surface area contributed by atoms with Crippen molar-refractivity contribution in [2.75, 3.05) is 18.4 Å². The molecule has 3 aromatic rings. The Hall–Kier alpha value is -2.99. The number of carbonyl (C=O) groups excluding carboxylic acids is 2. The van der Waals surface area contributed by atoms with Crippen LogP contribution in [-0.2, 0) is 9.59 Å². The molecular weight excluding hydrogens is 394 g/mol. The first-order valence-electron chi connectivity index (χ1n) is 10.3. The van der Waals surface area contributed by atoms with Gasteiger partial charge in [-0.3, -0.25) is 9.59 Å². The van der Waals surface area contributed by atoms with Gasteiger partial charge >= 0.3 is 0 Å². The van der Waals surface area contributed by atoms with Crippen LogP contribution in [0.4, 0.5) is 5.13 Å². The SMILES string of the molecule is O=C(Nc1nccs1)C1CCN(C(=O)CC(c2ccccc2)c2ccccc2)CC1. The third-order valence-electron chi connectivity index (χ3n) is 5.66. The summed E-state index contributed by atoms with van der Waals surface area (Å²) in [6.07, 6.45) is 3.48. The van der Waals surface area contributed by atoms with Crippen molar-refractivity contribution < 1.29 is 9.59 Å². The molecule has 1 N–H and O–H groups in total. The number of likely N-dealkylation sites (tertiary alicyclic amines) is 1. The molecule has 154 valence electrons. The second kappa shape index (κ2) is 9.67. The number of rotatable bonds is 6. The molecule has 0 spiro atoms. The zero-order valence-electron chi connectivity index (χ0n) is 16.7. The van der Waals surface area contributed by atoms with Gasteiger partial charge in [0.1, 0.15) is 0 Å². The molecule has 0 aliphatic carbocycles. The summed E-state index contributed by atoms with van der Waals surface area (Å²) in [4.78, 5) is 31.6. The van der Waals surface area contributed by atoms with Crippen LogP contribution in [0.5, 0.6) is 0 Å². The highest BCUT2D eigenvalue weighted by atomic mass is 32.1. The van der Waals surface area contributed by atoms with Gasteiger partial charge < -0.3 is 10.2 Å². The minimum absolute atomic E-state index is 0.00324. The van der Waals surface area contributed by atoms with Crippen LogP contribution in [0, 0.1) is 5.92 Å². The van der Waals surface area contributed by atoms with Crippen molar-refractivity contribution >= 4 is 28.3 Å². The molecule has 1 fully saturated rings. The largest absolute Gasteiger partial charge is 0.343 e. The van der Waals surface area contributed by atoms with Crippen molar-refractivity contribution in [3.63, 3.8) is 0 Å². The predicted octanol–water partition coefficient (Wildman–Crippen LogP) is 4.54. The van der Waals surface area contributed by atoms with Crippen LogP contribution in [0.3, 0.4) is 0 Å². The number of hydrogen-bond donors (Lipinski definition) is 1. The Labute approximate surface area is 180 Å². The summed E-state index contributed by atoms with van der Waals surface area (Å²) >= 11 is 1.42. The van der Waals surface area contributed by atoms with Gasteiger partial charge in [0.05, 0.1) is 0 Å². The quantitative estimate of drug-likeness (QED) is 0.638. The lowest BCUT2D eigenvalue weighted by Gasteiger charge is -2.32. The van der Waals surface area contributed by atoms with Gasteiger partial charge in [-0.15, -0.1) is 11.3 Å². The van der Waals surface area contributed by atoms with Gasteiger partial charge in [-0.25, -0.2) is 4.98 Å². The Balaban J connectivity index is 1.37. The normalized spacial score (nSPS) is 14.6. The van der Waals surface area contributed by atoms with E-state index < -0.39 is 0 Å². The molecule has 0 unspecified atom stereocenters. The lowest BCUT2D eigenvalue weighted by atomic mass is 9.87. The van der Waals surface area contributed by atoms with Gasteiger partial charge in [0, 0.05) is 42.9 Å². The van der Waals surface area contributed by atoms with Gasteiger partial charge in [0.2, 0.25) is 11.8 Å². The molecular formula is C24H25N3O2S. The molecule has 0 saturated carbocycles. The topological polar surface area (TPSA) is 62.3 Å². The van der Waals surface area contributed by atoms with Crippen molar-refractivity contribution in [2.45, 2.75) is 25.2 Å². The van der Waals surface area contributed by atoms with E-state index in [1.54, 1.807) is 6.20 Å². The van der Waals surface area contributed by atoms with Crippen molar-refractivity contribution in [3.05, 3.63) is 83.4 Å². The van der Waals surface area contributed by atoms with Crippen molar-refractivity contribution in [1.82, 2.24) is 9.88 Å². The van der Waals surface area contributed by atoms with Crippen molar-refractivity contribution in [3.8, 4) is 0 Å². The standard InChI is InChI=1S/C24H25N3O2S/c28-22(17-21(18-7-3-1-4-8-18)19-9-5-2-6-10-19)27-14-11-20(12-15-27)23(29)26-24-25-13-16-30-24/h1-10,13,16,20-21H,11-12,14-15,17H2,(H,25,26,29). The highest BCUT2D eigenvalue weighted by Gasteiger charge is 2.29. The van der Waals surface area contributed by atoms with Gasteiger partial charge in [0.15, 0.2) is 5.13 Å². The van der Waals surface area contributed by atoms with Crippen molar-refractivity contribution in [1.29, 1.82) is 0 Å². The first-order chi connectivity index (χ1) is 14.7. The van der Waals surface area contributed by atoms with Crippen LogP contribution in [0.25, 0.3) is 0 Å². The Kier molecular flexibility index (Phi) is 6.54. The summed E-state index contributed by atoms with van der Waals surface area (Å²) in [5.41, 5.74) is 2.30. The lowest BCUT2D eigenvalue weighted by molar-refractivity contribution is -0.134. The molecule has 2 aromatic carbocycles. The minimum atomic E-state index is -0.0722. The maximum atomic E-state index is 13.1. The van der Waals surface area contributed by atoms with E-state index in [2.05, 4.69) is 34.6 Å². The van der Waals surface area contributed by atoms with E-state index in [0.717, 1.165) is 11.1 Å². The van der Waals surface area contributed by atoms with Gasteiger partial charge in [0.25, 0.3) is 0 Å². The summed E-state index contributed by atoms with van der Waals surface area (Å²) in [7, 11) is 0. The van der Waals surface area contributed by atoms with Crippen molar-refractivity contribution in [2.24, 2.45) is 5.92 Å². The molecule has 2 heterocycles. The third-order valence-corrected chi connectivity index (χ3v) is 6.35. The first kappa shape index (κ1) is 20.3. The number of nitrogens with zero attached hydrogens (tertiary/aromatic N) is 2. The van der Waals surface area contributed by atoms with Crippen LogP contribution in [0.2, 0.25) is 0 Å². The molecule has 4 rings (SSSR count). The summed E-state index contributed by atoms with van der Waals surface area (Å²) in [5, 5.41) is 5.35. The molecule has 0 atom stereocenters. The summed E-state index contributed by atoms with van der Waals surface area (Å²) < 4.78 is 0. The van der Waals surface area contributed by atoms with E-state index in [1.165, 1.54) is 11.3 Å². The minimum Gasteiger partial charge on any atom is -0.343 e. The van der Waals surface area contributed by atoms with E-state index in [1.807, 2.05) is 46.7 Å². The summed E-state index contributed by atoms with van der Waals surface area (Å²) in [6, 6.07) is 20.4. The number of benzene rings is 2. The molecule has 1 aliphatic rings. The molecule has 1 saturated heterocycles. The Morgan fingerprint density at radius 1 is 1.00 bits per heavy atom. The number of thiazole rings is 1. The second-order valence-electron chi connectivity index (χ2n) is 7.56. The summed E-state index contributed by atoms with van der Waals surface area (Å²) in [5.74, 6) is 0.109. The molecule has 0 bridgehead atoms. The first-order valence-corrected chi connectivity index (χ1v) is 11.2. The molecule has 1 aromatic heterocycles. The maximum Gasteiger partial charge on any atom is 0.229 e. The van der Waals surface area contributed by atoms with E-state index in [0.29, 0.717) is 37.5 Å². The Bertz CT molecular complexity index is 913. The molecule has 2 amide bonds. The number of piperidine rings is 1. The van der Waals surface area contributed by atoms with E-state index in [9.17, 15) is 9.59 Å². The monoisotopic (exact) mass is 419 g/mol. The number of nitrogens with one attached hydrogen (secondary N) is 1.